The Balaban J connectivity index is 1.77. The highest BCUT2D eigenvalue weighted by Crippen LogP contribution is 2.09. The number of anilines is 1. The molecule has 2 rings (SSSR count). The second kappa shape index (κ2) is 6.90. The van der Waals surface area contributed by atoms with Crippen molar-refractivity contribution in [2.75, 3.05) is 18.9 Å². The summed E-state index contributed by atoms with van der Waals surface area (Å²) in [5, 5.41) is 6.49. The van der Waals surface area contributed by atoms with Crippen LogP contribution >= 0.6 is 0 Å². The number of halogens is 1. The van der Waals surface area contributed by atoms with Crippen molar-refractivity contribution in [1.82, 2.24) is 5.32 Å². The molecular formula is C16H19FN2. The molecule has 3 heteroatoms. The lowest BCUT2D eigenvalue weighted by atomic mass is 10.1. The third kappa shape index (κ3) is 4.38. The molecule has 0 spiro atoms. The van der Waals surface area contributed by atoms with E-state index in [0.717, 1.165) is 30.8 Å². The molecule has 0 aromatic heterocycles. The van der Waals surface area contributed by atoms with Gasteiger partial charge in [0.1, 0.15) is 5.82 Å². The molecule has 0 bridgehead atoms. The highest BCUT2D eigenvalue weighted by atomic mass is 19.1. The summed E-state index contributed by atoms with van der Waals surface area (Å²) in [6.07, 6.45) is 0.837. The minimum absolute atomic E-state index is 0.167. The van der Waals surface area contributed by atoms with Gasteiger partial charge in [0.2, 0.25) is 0 Å². The molecule has 0 aliphatic carbocycles. The number of rotatable bonds is 6. The summed E-state index contributed by atoms with van der Waals surface area (Å²) in [5.74, 6) is -0.167. The lowest BCUT2D eigenvalue weighted by molar-refractivity contribution is 0.622. The van der Waals surface area contributed by atoms with Crippen LogP contribution in [0.4, 0.5) is 10.1 Å². The maximum atomic E-state index is 13.0. The quantitative estimate of drug-likeness (QED) is 0.777. The molecule has 0 unspecified atom stereocenters. The van der Waals surface area contributed by atoms with Crippen molar-refractivity contribution in [2.24, 2.45) is 0 Å². The standard InChI is InChI=1S/C16H19FN2/c1-18-16-7-3-5-14(11-16)12-19-9-8-13-4-2-6-15(17)10-13/h2-7,10-11,18-19H,8-9,12H2,1H3. The first-order valence-corrected chi connectivity index (χ1v) is 6.50. The molecule has 0 aliphatic heterocycles. The molecule has 0 aliphatic rings. The van der Waals surface area contributed by atoms with Crippen molar-refractivity contribution in [3.63, 3.8) is 0 Å². The lowest BCUT2D eigenvalue weighted by Crippen LogP contribution is -2.16. The van der Waals surface area contributed by atoms with Crippen LogP contribution in [0.3, 0.4) is 0 Å². The monoisotopic (exact) mass is 258 g/mol. The van der Waals surface area contributed by atoms with E-state index < -0.39 is 0 Å². The SMILES string of the molecule is CNc1cccc(CNCCc2cccc(F)c2)c1. The fourth-order valence-electron chi connectivity index (χ4n) is 1.99. The van der Waals surface area contributed by atoms with E-state index in [2.05, 4.69) is 22.8 Å². The van der Waals surface area contributed by atoms with Gasteiger partial charge < -0.3 is 10.6 Å². The average molecular weight is 258 g/mol. The smallest absolute Gasteiger partial charge is 0.123 e. The zero-order valence-corrected chi connectivity index (χ0v) is 11.1. The molecule has 0 radical (unpaired) electrons. The fourth-order valence-corrected chi connectivity index (χ4v) is 1.99. The van der Waals surface area contributed by atoms with Crippen LogP contribution in [0.15, 0.2) is 48.5 Å². The number of hydrogen-bond donors (Lipinski definition) is 2. The van der Waals surface area contributed by atoms with E-state index in [1.54, 1.807) is 12.1 Å². The van der Waals surface area contributed by atoms with E-state index in [0.29, 0.717) is 0 Å². The predicted molar refractivity (Wildman–Crippen MR) is 77.8 cm³/mol. The number of benzene rings is 2. The summed E-state index contributed by atoms with van der Waals surface area (Å²) < 4.78 is 13.0. The third-order valence-corrected chi connectivity index (χ3v) is 3.02. The van der Waals surface area contributed by atoms with Crippen LogP contribution in [0.1, 0.15) is 11.1 Å². The molecule has 0 atom stereocenters. The molecule has 19 heavy (non-hydrogen) atoms. The Bertz CT molecular complexity index is 526. The van der Waals surface area contributed by atoms with Gasteiger partial charge in [0.25, 0.3) is 0 Å². The average Bonchev–Trinajstić information content (AvgIpc) is 2.44. The Morgan fingerprint density at radius 3 is 2.58 bits per heavy atom. The summed E-state index contributed by atoms with van der Waals surface area (Å²) in [6, 6.07) is 15.0. The van der Waals surface area contributed by atoms with Crippen molar-refractivity contribution in [3.05, 3.63) is 65.5 Å². The molecule has 2 nitrogen and oxygen atoms in total. The highest BCUT2D eigenvalue weighted by Gasteiger charge is 1.97. The van der Waals surface area contributed by atoms with Gasteiger partial charge >= 0.3 is 0 Å². The molecule has 0 saturated carbocycles. The maximum Gasteiger partial charge on any atom is 0.123 e. The van der Waals surface area contributed by atoms with Crippen LogP contribution < -0.4 is 10.6 Å². The molecule has 2 aromatic carbocycles. The van der Waals surface area contributed by atoms with Crippen LogP contribution in [-0.2, 0) is 13.0 Å². The fraction of sp³-hybridized carbons (Fsp3) is 0.250. The summed E-state index contributed by atoms with van der Waals surface area (Å²) >= 11 is 0. The third-order valence-electron chi connectivity index (χ3n) is 3.02. The number of hydrogen-bond acceptors (Lipinski definition) is 2. The van der Waals surface area contributed by atoms with Crippen molar-refractivity contribution in [1.29, 1.82) is 0 Å². The molecule has 100 valence electrons. The Morgan fingerprint density at radius 2 is 1.79 bits per heavy atom. The van der Waals surface area contributed by atoms with Crippen molar-refractivity contribution in [3.8, 4) is 0 Å². The summed E-state index contributed by atoms with van der Waals surface area (Å²) in [7, 11) is 1.91. The molecule has 0 heterocycles. The second-order valence-electron chi connectivity index (χ2n) is 4.51. The van der Waals surface area contributed by atoms with Gasteiger partial charge in [0.15, 0.2) is 0 Å². The summed E-state index contributed by atoms with van der Waals surface area (Å²) in [6.45, 7) is 1.66. The van der Waals surface area contributed by atoms with Gasteiger partial charge in [-0.1, -0.05) is 24.3 Å². The van der Waals surface area contributed by atoms with E-state index in [1.165, 1.54) is 11.6 Å². The van der Waals surface area contributed by atoms with Gasteiger partial charge in [-0.15, -0.1) is 0 Å². The first kappa shape index (κ1) is 13.6. The highest BCUT2D eigenvalue weighted by molar-refractivity contribution is 5.44. The Morgan fingerprint density at radius 1 is 1.00 bits per heavy atom. The summed E-state index contributed by atoms with van der Waals surface area (Å²) in [5.41, 5.74) is 3.38. The van der Waals surface area contributed by atoms with Crippen LogP contribution in [-0.4, -0.2) is 13.6 Å². The largest absolute Gasteiger partial charge is 0.388 e. The summed E-state index contributed by atoms with van der Waals surface area (Å²) in [4.78, 5) is 0. The van der Waals surface area contributed by atoms with E-state index in [-0.39, 0.29) is 5.82 Å². The zero-order chi connectivity index (χ0) is 13.5. The maximum absolute atomic E-state index is 13.0. The van der Waals surface area contributed by atoms with E-state index >= 15 is 0 Å². The van der Waals surface area contributed by atoms with Gasteiger partial charge in [-0.25, -0.2) is 4.39 Å². The van der Waals surface area contributed by atoms with Gasteiger partial charge in [-0.3, -0.25) is 0 Å². The van der Waals surface area contributed by atoms with Crippen LogP contribution in [0, 0.1) is 5.82 Å². The van der Waals surface area contributed by atoms with Gasteiger partial charge in [0, 0.05) is 19.3 Å². The van der Waals surface area contributed by atoms with Gasteiger partial charge in [0.05, 0.1) is 0 Å². The van der Waals surface area contributed by atoms with Crippen molar-refractivity contribution in [2.45, 2.75) is 13.0 Å². The normalized spacial score (nSPS) is 10.4. The van der Waals surface area contributed by atoms with Crippen LogP contribution in [0.25, 0.3) is 0 Å². The molecule has 0 amide bonds. The zero-order valence-electron chi connectivity index (χ0n) is 11.1. The predicted octanol–water partition coefficient (Wildman–Crippen LogP) is 3.20. The van der Waals surface area contributed by atoms with E-state index in [4.69, 9.17) is 0 Å². The Kier molecular flexibility index (Phi) is 4.93. The van der Waals surface area contributed by atoms with E-state index in [9.17, 15) is 4.39 Å². The molecular weight excluding hydrogens is 239 g/mol. The Labute approximate surface area is 113 Å². The first-order chi connectivity index (χ1) is 9.28. The van der Waals surface area contributed by atoms with Crippen molar-refractivity contribution >= 4 is 5.69 Å². The van der Waals surface area contributed by atoms with Gasteiger partial charge in [-0.2, -0.15) is 0 Å². The lowest BCUT2D eigenvalue weighted by Gasteiger charge is -2.07. The Hall–Kier alpha value is -1.87. The van der Waals surface area contributed by atoms with Gasteiger partial charge in [-0.05, 0) is 48.4 Å². The van der Waals surface area contributed by atoms with Crippen LogP contribution in [0.2, 0.25) is 0 Å². The minimum atomic E-state index is -0.167. The molecule has 2 aromatic rings. The van der Waals surface area contributed by atoms with Crippen molar-refractivity contribution < 1.29 is 4.39 Å². The molecule has 0 saturated heterocycles. The topological polar surface area (TPSA) is 24.1 Å². The van der Waals surface area contributed by atoms with E-state index in [1.807, 2.05) is 25.2 Å². The minimum Gasteiger partial charge on any atom is -0.388 e. The molecule has 2 N–H and O–H groups in total. The molecule has 0 fully saturated rings. The number of nitrogens with one attached hydrogen (secondary N) is 2. The second-order valence-corrected chi connectivity index (χ2v) is 4.51. The first-order valence-electron chi connectivity index (χ1n) is 6.50. The van der Waals surface area contributed by atoms with Crippen LogP contribution in [0.5, 0.6) is 0 Å².